The molecule has 1 amide bonds. The zero-order valence-corrected chi connectivity index (χ0v) is 16.8. The minimum Gasteiger partial charge on any atom is -0.461 e. The lowest BCUT2D eigenvalue weighted by molar-refractivity contribution is -0.137. The van der Waals surface area contributed by atoms with Crippen LogP contribution in [-0.4, -0.2) is 50.9 Å². The third-order valence-electron chi connectivity index (χ3n) is 5.26. The van der Waals surface area contributed by atoms with Crippen molar-refractivity contribution in [1.82, 2.24) is 19.7 Å². The number of hydrogen-bond donors (Lipinski definition) is 1. The molecule has 0 unspecified atom stereocenters. The van der Waals surface area contributed by atoms with Gasteiger partial charge in [0.2, 0.25) is 0 Å². The lowest BCUT2D eigenvalue weighted by atomic mass is 10.0. The molecule has 0 bridgehead atoms. The van der Waals surface area contributed by atoms with Gasteiger partial charge in [0, 0.05) is 41.7 Å². The summed E-state index contributed by atoms with van der Waals surface area (Å²) < 4.78 is 44.4. The number of carbonyl (C=O) groups excluding carboxylic acids is 2. The highest BCUT2D eigenvalue weighted by Crippen LogP contribution is 2.27. The summed E-state index contributed by atoms with van der Waals surface area (Å²) in [5.74, 6) is -0.955. The number of nitrogens with zero attached hydrogens (tertiary/aromatic N) is 3. The number of para-hydroxylation sites is 1. The summed E-state index contributed by atoms with van der Waals surface area (Å²) >= 11 is 0. The van der Waals surface area contributed by atoms with E-state index in [2.05, 4.69) is 10.1 Å². The predicted molar refractivity (Wildman–Crippen MR) is 106 cm³/mol. The molecule has 0 atom stereocenters. The maximum absolute atomic E-state index is 13.1. The average Bonchev–Trinajstić information content (AvgIpc) is 3.32. The van der Waals surface area contributed by atoms with Crippen LogP contribution in [0.4, 0.5) is 13.2 Å². The van der Waals surface area contributed by atoms with Gasteiger partial charge in [-0.25, -0.2) is 4.79 Å². The number of carbonyl (C=O) groups is 2. The van der Waals surface area contributed by atoms with Crippen LogP contribution in [0.15, 0.2) is 30.3 Å². The molecule has 3 heterocycles. The Bertz CT molecular complexity index is 1100. The molecule has 0 aliphatic carbocycles. The minimum atomic E-state index is -4.34. The van der Waals surface area contributed by atoms with Crippen molar-refractivity contribution in [3.63, 3.8) is 0 Å². The third-order valence-corrected chi connectivity index (χ3v) is 5.26. The molecule has 1 aromatic carbocycles. The molecule has 4 rings (SSSR count). The van der Waals surface area contributed by atoms with Crippen molar-refractivity contribution in [1.29, 1.82) is 0 Å². The summed E-state index contributed by atoms with van der Waals surface area (Å²) in [7, 11) is 0. The van der Waals surface area contributed by atoms with Gasteiger partial charge in [-0.2, -0.15) is 18.3 Å². The van der Waals surface area contributed by atoms with E-state index in [-0.39, 0.29) is 31.3 Å². The highest BCUT2D eigenvalue weighted by atomic mass is 19.4. The highest BCUT2D eigenvalue weighted by molar-refractivity contribution is 5.98. The van der Waals surface area contributed by atoms with Gasteiger partial charge in [0.05, 0.1) is 19.6 Å². The van der Waals surface area contributed by atoms with Crippen LogP contribution in [0.3, 0.4) is 0 Å². The van der Waals surface area contributed by atoms with Crippen molar-refractivity contribution in [3.05, 3.63) is 53.0 Å². The molecule has 0 fully saturated rings. The molecule has 31 heavy (non-hydrogen) atoms. The Hall–Kier alpha value is -3.30. The van der Waals surface area contributed by atoms with E-state index in [1.54, 1.807) is 17.9 Å². The molecular weight excluding hydrogens is 413 g/mol. The van der Waals surface area contributed by atoms with Gasteiger partial charge in [0.15, 0.2) is 5.69 Å². The quantitative estimate of drug-likeness (QED) is 0.621. The number of rotatable bonds is 5. The molecule has 0 radical (unpaired) electrons. The first kappa shape index (κ1) is 21.0. The largest absolute Gasteiger partial charge is 0.461 e. The molecule has 1 aliphatic rings. The van der Waals surface area contributed by atoms with Gasteiger partial charge in [-0.05, 0) is 19.1 Å². The number of ether oxygens (including phenoxy) is 1. The number of nitrogens with one attached hydrogen (secondary N) is 1. The monoisotopic (exact) mass is 434 g/mol. The number of alkyl halides is 3. The van der Waals surface area contributed by atoms with Crippen molar-refractivity contribution < 1.29 is 27.5 Å². The Morgan fingerprint density at radius 3 is 2.74 bits per heavy atom. The topological polar surface area (TPSA) is 80.2 Å². The van der Waals surface area contributed by atoms with E-state index in [9.17, 15) is 22.8 Å². The van der Waals surface area contributed by atoms with Gasteiger partial charge >= 0.3 is 12.1 Å². The van der Waals surface area contributed by atoms with Crippen LogP contribution in [0.25, 0.3) is 10.9 Å². The number of H-pyrrole nitrogens is 1. The fourth-order valence-corrected chi connectivity index (χ4v) is 3.80. The fourth-order valence-electron chi connectivity index (χ4n) is 3.80. The molecule has 1 aliphatic heterocycles. The van der Waals surface area contributed by atoms with E-state index in [0.717, 1.165) is 10.9 Å². The number of aromatic nitrogens is 3. The summed E-state index contributed by atoms with van der Waals surface area (Å²) in [5, 5.41) is 5.01. The minimum absolute atomic E-state index is 0.0341. The molecule has 2 aromatic heterocycles. The number of benzene rings is 1. The molecule has 0 saturated carbocycles. The second-order valence-corrected chi connectivity index (χ2v) is 7.33. The number of aryl methyl sites for hydroxylation is 1. The summed E-state index contributed by atoms with van der Waals surface area (Å²) in [6, 6.07) is 9.25. The molecule has 0 saturated heterocycles. The summed E-state index contributed by atoms with van der Waals surface area (Å²) in [6.07, 6.45) is -5.10. The number of esters is 1. The number of hydrogen-bond acceptors (Lipinski definition) is 4. The van der Waals surface area contributed by atoms with Crippen molar-refractivity contribution in [2.24, 2.45) is 0 Å². The number of halogens is 3. The van der Waals surface area contributed by atoms with E-state index >= 15 is 0 Å². The van der Waals surface area contributed by atoms with Crippen molar-refractivity contribution >= 4 is 22.8 Å². The summed E-state index contributed by atoms with van der Waals surface area (Å²) in [5.41, 5.74) is 2.18. The molecular formula is C21H21F3N4O3. The molecule has 1 N–H and O–H groups in total. The molecule has 0 spiro atoms. The van der Waals surface area contributed by atoms with Gasteiger partial charge in [-0.3, -0.25) is 9.48 Å². The van der Waals surface area contributed by atoms with E-state index < -0.39 is 18.6 Å². The zero-order valence-electron chi connectivity index (χ0n) is 16.8. The molecule has 7 nitrogen and oxygen atoms in total. The number of fused-ring (bicyclic) bond motifs is 2. The normalized spacial score (nSPS) is 14.0. The van der Waals surface area contributed by atoms with E-state index in [0.29, 0.717) is 29.9 Å². The molecule has 164 valence electrons. The van der Waals surface area contributed by atoms with Gasteiger partial charge in [0.1, 0.15) is 5.69 Å². The highest BCUT2D eigenvalue weighted by Gasteiger charge is 2.33. The van der Waals surface area contributed by atoms with Crippen LogP contribution in [0, 0.1) is 0 Å². The van der Waals surface area contributed by atoms with Crippen LogP contribution in [0.2, 0.25) is 0 Å². The first-order valence-electron chi connectivity index (χ1n) is 9.96. The van der Waals surface area contributed by atoms with Gasteiger partial charge in [-0.1, -0.05) is 18.2 Å². The van der Waals surface area contributed by atoms with Crippen molar-refractivity contribution in [2.45, 2.75) is 39.0 Å². The fraction of sp³-hybridized carbons (Fsp3) is 0.381. The molecule has 10 heteroatoms. The van der Waals surface area contributed by atoms with Crippen LogP contribution < -0.4 is 0 Å². The van der Waals surface area contributed by atoms with Gasteiger partial charge in [-0.15, -0.1) is 0 Å². The Morgan fingerprint density at radius 1 is 1.26 bits per heavy atom. The molecule has 3 aromatic rings. The Labute approximate surface area is 175 Å². The second kappa shape index (κ2) is 8.09. The standard InChI is InChI=1S/C21H21F3N4O3/c1-2-31-20(30)18-14-12-27(9-7-17(14)28(26-18)10-8-21(22,23)24)19(29)16-11-13-5-3-4-6-15(13)25-16/h3-6,11,25H,2,7-10,12H2,1H3. The van der Waals surface area contributed by atoms with Crippen LogP contribution >= 0.6 is 0 Å². The maximum atomic E-state index is 13.1. The SMILES string of the molecule is CCOC(=O)c1nn(CCC(F)(F)F)c2c1CN(C(=O)c1cc3ccccc3[nH]1)CC2. The maximum Gasteiger partial charge on any atom is 0.390 e. The first-order valence-corrected chi connectivity index (χ1v) is 9.96. The van der Waals surface area contributed by atoms with Crippen LogP contribution in [0.5, 0.6) is 0 Å². The Kier molecular flexibility index (Phi) is 5.47. The number of amides is 1. The van der Waals surface area contributed by atoms with E-state index in [4.69, 9.17) is 4.74 Å². The van der Waals surface area contributed by atoms with Gasteiger partial charge in [0.25, 0.3) is 5.91 Å². The number of aromatic amines is 1. The second-order valence-electron chi connectivity index (χ2n) is 7.33. The first-order chi connectivity index (χ1) is 14.8. The average molecular weight is 434 g/mol. The Balaban J connectivity index is 1.62. The van der Waals surface area contributed by atoms with Crippen LogP contribution in [0.1, 0.15) is 45.6 Å². The van der Waals surface area contributed by atoms with E-state index in [1.165, 1.54) is 4.68 Å². The predicted octanol–water partition coefficient (Wildman–Crippen LogP) is 3.69. The summed E-state index contributed by atoms with van der Waals surface area (Å²) in [4.78, 5) is 30.1. The van der Waals surface area contributed by atoms with Crippen LogP contribution in [-0.2, 0) is 24.2 Å². The van der Waals surface area contributed by atoms with Crippen molar-refractivity contribution in [3.8, 4) is 0 Å². The lowest BCUT2D eigenvalue weighted by Gasteiger charge is -2.27. The summed E-state index contributed by atoms with van der Waals surface area (Å²) in [6.45, 7) is 1.74. The lowest BCUT2D eigenvalue weighted by Crippen LogP contribution is -2.37. The smallest absolute Gasteiger partial charge is 0.390 e. The van der Waals surface area contributed by atoms with E-state index in [1.807, 2.05) is 24.3 Å². The van der Waals surface area contributed by atoms with Crippen molar-refractivity contribution in [2.75, 3.05) is 13.2 Å². The third kappa shape index (κ3) is 4.28. The zero-order chi connectivity index (χ0) is 22.2. The Morgan fingerprint density at radius 2 is 2.03 bits per heavy atom. The van der Waals surface area contributed by atoms with Gasteiger partial charge < -0.3 is 14.6 Å².